The first-order valence-corrected chi connectivity index (χ1v) is 6.60. The van der Waals surface area contributed by atoms with Gasteiger partial charge in [0.05, 0.1) is 0 Å². The average molecular weight is 204 g/mol. The molecule has 82 valence electrons. The molecule has 0 aliphatic heterocycles. The van der Waals surface area contributed by atoms with Crippen LogP contribution in [0.3, 0.4) is 0 Å². The van der Waals surface area contributed by atoms with E-state index in [1.54, 1.807) is 0 Å². The molecule has 0 spiro atoms. The van der Waals surface area contributed by atoms with Gasteiger partial charge in [-0.1, -0.05) is 19.1 Å². The summed E-state index contributed by atoms with van der Waals surface area (Å²) in [6.45, 7) is 2.82. The van der Waals surface area contributed by atoms with Crippen molar-refractivity contribution in [3.63, 3.8) is 0 Å². The van der Waals surface area contributed by atoms with E-state index in [0.29, 0.717) is 12.5 Å². The van der Waals surface area contributed by atoms with Crippen molar-refractivity contribution in [1.82, 2.24) is 0 Å². The highest BCUT2D eigenvalue weighted by Gasteiger charge is 2.63. The zero-order chi connectivity index (χ0) is 10.2. The van der Waals surface area contributed by atoms with Gasteiger partial charge in [-0.15, -0.1) is 0 Å². The van der Waals surface area contributed by atoms with Crippen molar-refractivity contribution in [2.24, 2.45) is 47.3 Å². The molecule has 0 aromatic carbocycles. The van der Waals surface area contributed by atoms with Crippen molar-refractivity contribution >= 4 is 0 Å². The zero-order valence-corrected chi connectivity index (χ0v) is 9.34. The second-order valence-electron chi connectivity index (χ2n) is 6.37. The molecule has 4 aliphatic carbocycles. The van der Waals surface area contributed by atoms with E-state index in [9.17, 15) is 5.11 Å². The minimum absolute atomic E-state index is 0.437. The van der Waals surface area contributed by atoms with Gasteiger partial charge >= 0.3 is 0 Å². The highest BCUT2D eigenvalue weighted by Crippen LogP contribution is 2.68. The van der Waals surface area contributed by atoms with Gasteiger partial charge in [-0.2, -0.15) is 0 Å². The normalized spacial score (nSPS) is 64.1. The van der Waals surface area contributed by atoms with Crippen LogP contribution in [0.4, 0.5) is 0 Å². The van der Waals surface area contributed by atoms with Crippen LogP contribution < -0.4 is 0 Å². The highest BCUT2D eigenvalue weighted by molar-refractivity contribution is 5.21. The molecule has 4 rings (SSSR count). The summed E-state index contributed by atoms with van der Waals surface area (Å²) in [6.07, 6.45) is 7.84. The van der Waals surface area contributed by atoms with Crippen LogP contribution in [0.1, 0.15) is 19.8 Å². The molecule has 4 bridgehead atoms. The van der Waals surface area contributed by atoms with E-state index in [1.165, 1.54) is 12.8 Å². The lowest BCUT2D eigenvalue weighted by molar-refractivity contribution is 0.0562. The molecule has 0 heterocycles. The van der Waals surface area contributed by atoms with E-state index < -0.39 is 0 Å². The third kappa shape index (κ3) is 0.860. The van der Waals surface area contributed by atoms with Gasteiger partial charge in [0, 0.05) is 6.61 Å². The second-order valence-corrected chi connectivity index (χ2v) is 6.37. The Hall–Kier alpha value is -0.300. The number of allylic oxidation sites excluding steroid dienone is 2. The molecule has 8 atom stereocenters. The predicted molar refractivity (Wildman–Crippen MR) is 59.1 cm³/mol. The van der Waals surface area contributed by atoms with Crippen LogP contribution in [-0.4, -0.2) is 11.7 Å². The molecule has 1 N–H and O–H groups in total. The molecule has 0 aromatic rings. The van der Waals surface area contributed by atoms with Crippen LogP contribution in [0.5, 0.6) is 0 Å². The van der Waals surface area contributed by atoms with Gasteiger partial charge in [-0.25, -0.2) is 0 Å². The molecule has 15 heavy (non-hydrogen) atoms. The lowest BCUT2D eigenvalue weighted by atomic mass is 9.65. The number of hydrogen-bond donors (Lipinski definition) is 1. The summed E-state index contributed by atoms with van der Waals surface area (Å²) in [5, 5.41) is 9.53. The summed E-state index contributed by atoms with van der Waals surface area (Å²) in [6, 6.07) is 0. The van der Waals surface area contributed by atoms with E-state index in [1.807, 2.05) is 0 Å². The largest absolute Gasteiger partial charge is 0.396 e. The van der Waals surface area contributed by atoms with Gasteiger partial charge in [-0.3, -0.25) is 0 Å². The first-order chi connectivity index (χ1) is 7.31. The van der Waals surface area contributed by atoms with Crippen molar-refractivity contribution < 1.29 is 5.11 Å². The Bertz CT molecular complexity index is 321. The molecule has 3 saturated carbocycles. The summed E-state index contributed by atoms with van der Waals surface area (Å²) in [4.78, 5) is 0. The monoisotopic (exact) mass is 204 g/mol. The van der Waals surface area contributed by atoms with Gasteiger partial charge < -0.3 is 5.11 Å². The minimum Gasteiger partial charge on any atom is -0.396 e. The molecule has 3 fully saturated rings. The Balaban J connectivity index is 1.73. The maximum Gasteiger partial charge on any atom is 0.0464 e. The fraction of sp³-hybridized carbons (Fsp3) is 0.857. The van der Waals surface area contributed by atoms with Gasteiger partial charge in [0.1, 0.15) is 0 Å². The van der Waals surface area contributed by atoms with E-state index >= 15 is 0 Å². The average Bonchev–Trinajstić information content (AvgIpc) is 2.94. The SMILES string of the molecule is CC1C(CO)C2CC1C1C3C=CC(C3)C21. The topological polar surface area (TPSA) is 20.2 Å². The molecule has 0 radical (unpaired) electrons. The van der Waals surface area contributed by atoms with Crippen LogP contribution in [0.15, 0.2) is 12.2 Å². The number of rotatable bonds is 1. The van der Waals surface area contributed by atoms with Crippen molar-refractivity contribution in [2.75, 3.05) is 6.61 Å². The van der Waals surface area contributed by atoms with Gasteiger partial charge in [0.2, 0.25) is 0 Å². The third-order valence-corrected chi connectivity index (χ3v) is 6.23. The maximum atomic E-state index is 9.53. The molecule has 0 saturated heterocycles. The van der Waals surface area contributed by atoms with Crippen LogP contribution in [0, 0.1) is 47.3 Å². The fourth-order valence-electron chi connectivity index (χ4n) is 5.77. The summed E-state index contributed by atoms with van der Waals surface area (Å²) < 4.78 is 0. The molecule has 1 heteroatoms. The first kappa shape index (κ1) is 8.81. The number of fused-ring (bicyclic) bond motifs is 9. The molecular formula is C14H20O. The van der Waals surface area contributed by atoms with Crippen molar-refractivity contribution in [3.8, 4) is 0 Å². The fourth-order valence-corrected chi connectivity index (χ4v) is 5.77. The van der Waals surface area contributed by atoms with E-state index in [4.69, 9.17) is 0 Å². The Labute approximate surface area is 91.6 Å². The second kappa shape index (κ2) is 2.68. The summed E-state index contributed by atoms with van der Waals surface area (Å²) in [5.41, 5.74) is 0. The van der Waals surface area contributed by atoms with E-state index in [2.05, 4.69) is 19.1 Å². The smallest absolute Gasteiger partial charge is 0.0464 e. The van der Waals surface area contributed by atoms with Crippen molar-refractivity contribution in [3.05, 3.63) is 12.2 Å². The molecule has 8 unspecified atom stereocenters. The summed E-state index contributed by atoms with van der Waals surface area (Å²) in [7, 11) is 0. The molecule has 0 amide bonds. The zero-order valence-electron chi connectivity index (χ0n) is 9.34. The molecule has 4 aliphatic rings. The van der Waals surface area contributed by atoms with Crippen LogP contribution >= 0.6 is 0 Å². The van der Waals surface area contributed by atoms with E-state index in [0.717, 1.165) is 41.4 Å². The first-order valence-electron chi connectivity index (χ1n) is 6.60. The number of aliphatic hydroxyl groups excluding tert-OH is 1. The standard InChI is InChI=1S/C14H20O/c1-7-10-5-11(12(7)6-15)14-9-3-2-8(4-9)13(10)14/h2-3,7-15H,4-6H2,1H3. The Morgan fingerprint density at radius 3 is 2.40 bits per heavy atom. The van der Waals surface area contributed by atoms with Crippen LogP contribution in [0.2, 0.25) is 0 Å². The number of hydrogen-bond acceptors (Lipinski definition) is 1. The summed E-state index contributed by atoms with van der Waals surface area (Å²) in [5.74, 6) is 6.98. The van der Waals surface area contributed by atoms with Gasteiger partial charge in [0.15, 0.2) is 0 Å². The van der Waals surface area contributed by atoms with Crippen LogP contribution in [0.25, 0.3) is 0 Å². The van der Waals surface area contributed by atoms with Gasteiger partial charge in [-0.05, 0) is 60.2 Å². The lowest BCUT2D eigenvalue weighted by Gasteiger charge is -2.40. The molecule has 1 nitrogen and oxygen atoms in total. The third-order valence-electron chi connectivity index (χ3n) is 6.23. The minimum atomic E-state index is 0.437. The highest BCUT2D eigenvalue weighted by atomic mass is 16.3. The Morgan fingerprint density at radius 2 is 1.73 bits per heavy atom. The molecular weight excluding hydrogens is 184 g/mol. The Morgan fingerprint density at radius 1 is 1.07 bits per heavy atom. The van der Waals surface area contributed by atoms with Crippen LogP contribution in [-0.2, 0) is 0 Å². The predicted octanol–water partition coefficient (Wildman–Crippen LogP) is 2.32. The Kier molecular flexibility index (Phi) is 1.58. The molecule has 0 aromatic heterocycles. The quantitative estimate of drug-likeness (QED) is 0.513. The van der Waals surface area contributed by atoms with E-state index in [-0.39, 0.29) is 0 Å². The maximum absolute atomic E-state index is 9.53. The summed E-state index contributed by atoms with van der Waals surface area (Å²) >= 11 is 0. The van der Waals surface area contributed by atoms with Crippen molar-refractivity contribution in [1.29, 1.82) is 0 Å². The van der Waals surface area contributed by atoms with Crippen molar-refractivity contribution in [2.45, 2.75) is 19.8 Å². The van der Waals surface area contributed by atoms with Gasteiger partial charge in [0.25, 0.3) is 0 Å². The number of aliphatic hydroxyl groups is 1. The lowest BCUT2D eigenvalue weighted by Crippen LogP contribution is -2.37.